The number of nitrogens with zero attached hydrogens (tertiary/aromatic N) is 2. The van der Waals surface area contributed by atoms with E-state index in [1.165, 1.54) is 24.5 Å². The summed E-state index contributed by atoms with van der Waals surface area (Å²) in [5.41, 5.74) is 0. The van der Waals surface area contributed by atoms with Crippen LogP contribution in [0, 0.1) is 0 Å². The second kappa shape index (κ2) is 4.83. The van der Waals surface area contributed by atoms with Crippen molar-refractivity contribution in [3.8, 4) is 0 Å². The fourth-order valence-corrected chi connectivity index (χ4v) is 2.71. The number of halogens is 2. The van der Waals surface area contributed by atoms with Gasteiger partial charge in [-0.3, -0.25) is 0 Å². The molecular weight excluding hydrogens is 372 g/mol. The van der Waals surface area contributed by atoms with Gasteiger partial charge in [-0.1, -0.05) is 0 Å². The summed E-state index contributed by atoms with van der Waals surface area (Å²) in [4.78, 5) is 7.72. The minimum absolute atomic E-state index is 0.0180. The van der Waals surface area contributed by atoms with Gasteiger partial charge in [0.05, 0.1) is 0 Å². The first-order valence-corrected chi connectivity index (χ1v) is 7.55. The summed E-state index contributed by atoms with van der Waals surface area (Å²) in [5, 5.41) is -0.0361. The molecule has 0 N–H and O–H groups in total. The van der Waals surface area contributed by atoms with E-state index in [4.69, 9.17) is 0 Å². The minimum atomic E-state index is -3.64. The van der Waals surface area contributed by atoms with Crippen molar-refractivity contribution in [2.45, 2.75) is 10.1 Å². The molecule has 0 aliphatic carbocycles. The topological polar surface area (TPSA) is 59.9 Å². The van der Waals surface area contributed by atoms with Crippen LogP contribution >= 0.6 is 31.9 Å². The molecule has 2 aromatic heterocycles. The van der Waals surface area contributed by atoms with Crippen LogP contribution in [0.15, 0.2) is 55.7 Å². The zero-order chi connectivity index (χ0) is 12.5. The Kier molecular flexibility index (Phi) is 3.60. The van der Waals surface area contributed by atoms with E-state index in [1.54, 1.807) is 12.1 Å². The molecule has 2 aromatic rings. The van der Waals surface area contributed by atoms with Crippen molar-refractivity contribution in [1.82, 2.24) is 9.97 Å². The summed E-state index contributed by atoms with van der Waals surface area (Å²) >= 11 is 6.40. The standard InChI is InChI=1S/C10H6Br2N2O2S/c11-7-1-3-9(13-5-7)17(15,16)10-4-2-8(12)6-14-10/h1-6H. The van der Waals surface area contributed by atoms with E-state index in [0.29, 0.717) is 0 Å². The van der Waals surface area contributed by atoms with E-state index in [9.17, 15) is 8.42 Å². The van der Waals surface area contributed by atoms with Crippen LogP contribution in [0.25, 0.3) is 0 Å². The highest BCUT2D eigenvalue weighted by molar-refractivity contribution is 9.10. The molecule has 0 aliphatic rings. The molecule has 0 bridgehead atoms. The van der Waals surface area contributed by atoms with Crippen LogP contribution in [0.3, 0.4) is 0 Å². The fraction of sp³-hybridized carbons (Fsp3) is 0. The zero-order valence-corrected chi connectivity index (χ0v) is 12.3. The van der Waals surface area contributed by atoms with Gasteiger partial charge in [-0.05, 0) is 56.1 Å². The van der Waals surface area contributed by atoms with Gasteiger partial charge in [0.1, 0.15) is 0 Å². The van der Waals surface area contributed by atoms with Crippen LogP contribution in [0.1, 0.15) is 0 Å². The van der Waals surface area contributed by atoms with E-state index in [1.807, 2.05) is 0 Å². The van der Waals surface area contributed by atoms with Gasteiger partial charge in [0.2, 0.25) is 9.84 Å². The molecule has 0 spiro atoms. The van der Waals surface area contributed by atoms with Crippen LogP contribution in [0.5, 0.6) is 0 Å². The van der Waals surface area contributed by atoms with Gasteiger partial charge in [-0.15, -0.1) is 0 Å². The molecule has 0 saturated heterocycles. The van der Waals surface area contributed by atoms with Crippen molar-refractivity contribution in [1.29, 1.82) is 0 Å². The van der Waals surface area contributed by atoms with Crippen molar-refractivity contribution in [2.24, 2.45) is 0 Å². The van der Waals surface area contributed by atoms with Crippen LogP contribution in [-0.2, 0) is 9.84 Å². The lowest BCUT2D eigenvalue weighted by molar-refractivity contribution is 0.588. The Morgan fingerprint density at radius 3 is 1.53 bits per heavy atom. The second-order valence-corrected chi connectivity index (χ2v) is 6.81. The molecule has 0 amide bonds. The highest BCUT2D eigenvalue weighted by Gasteiger charge is 2.20. The average molecular weight is 378 g/mol. The number of pyridine rings is 2. The Hall–Kier alpha value is -0.790. The van der Waals surface area contributed by atoms with E-state index >= 15 is 0 Å². The van der Waals surface area contributed by atoms with Gasteiger partial charge in [0, 0.05) is 21.3 Å². The Balaban J connectivity index is 2.50. The third kappa shape index (κ3) is 2.72. The molecule has 2 heterocycles. The van der Waals surface area contributed by atoms with Gasteiger partial charge in [0.15, 0.2) is 10.1 Å². The normalized spacial score (nSPS) is 11.4. The van der Waals surface area contributed by atoms with Crippen molar-refractivity contribution in [3.05, 3.63) is 45.6 Å². The van der Waals surface area contributed by atoms with Crippen molar-refractivity contribution in [3.63, 3.8) is 0 Å². The Morgan fingerprint density at radius 1 is 0.824 bits per heavy atom. The summed E-state index contributed by atoms with van der Waals surface area (Å²) in [6.07, 6.45) is 2.87. The number of hydrogen-bond donors (Lipinski definition) is 0. The number of hydrogen-bond acceptors (Lipinski definition) is 4. The quantitative estimate of drug-likeness (QED) is 0.807. The van der Waals surface area contributed by atoms with Gasteiger partial charge >= 0.3 is 0 Å². The van der Waals surface area contributed by atoms with Crippen molar-refractivity contribution in [2.75, 3.05) is 0 Å². The second-order valence-electron chi connectivity index (χ2n) is 3.13. The SMILES string of the molecule is O=S(=O)(c1ccc(Br)cn1)c1ccc(Br)cn1. The van der Waals surface area contributed by atoms with E-state index in [2.05, 4.69) is 41.8 Å². The van der Waals surface area contributed by atoms with Gasteiger partial charge in [-0.2, -0.15) is 0 Å². The molecular formula is C10H6Br2N2O2S. The van der Waals surface area contributed by atoms with Crippen LogP contribution < -0.4 is 0 Å². The average Bonchev–Trinajstić information content (AvgIpc) is 2.30. The highest BCUT2D eigenvalue weighted by atomic mass is 79.9. The maximum absolute atomic E-state index is 12.1. The Morgan fingerprint density at radius 2 is 1.24 bits per heavy atom. The molecule has 0 saturated carbocycles. The molecule has 0 fully saturated rings. The lowest BCUT2D eigenvalue weighted by Gasteiger charge is -2.02. The highest BCUT2D eigenvalue weighted by Crippen LogP contribution is 2.19. The Labute approximate surface area is 115 Å². The minimum Gasteiger partial charge on any atom is -0.243 e. The molecule has 0 radical (unpaired) electrons. The first kappa shape index (κ1) is 12.7. The van der Waals surface area contributed by atoms with Gasteiger partial charge in [-0.25, -0.2) is 18.4 Å². The summed E-state index contributed by atoms with van der Waals surface area (Å²) < 4.78 is 25.6. The molecule has 17 heavy (non-hydrogen) atoms. The lowest BCUT2D eigenvalue weighted by atomic mass is 10.5. The van der Waals surface area contributed by atoms with Crippen molar-refractivity contribution >= 4 is 41.7 Å². The van der Waals surface area contributed by atoms with Crippen molar-refractivity contribution < 1.29 is 8.42 Å². The largest absolute Gasteiger partial charge is 0.243 e. The number of aromatic nitrogens is 2. The molecule has 88 valence electrons. The molecule has 2 rings (SSSR count). The first-order chi connectivity index (χ1) is 8.00. The summed E-state index contributed by atoms with van der Waals surface area (Å²) in [6.45, 7) is 0. The Bertz CT molecular complexity index is 573. The maximum Gasteiger partial charge on any atom is 0.241 e. The molecule has 4 nitrogen and oxygen atoms in total. The van der Waals surface area contributed by atoms with E-state index in [0.717, 1.165) is 8.95 Å². The maximum atomic E-state index is 12.1. The summed E-state index contributed by atoms with van der Waals surface area (Å²) in [5.74, 6) is 0. The molecule has 0 aromatic carbocycles. The first-order valence-electron chi connectivity index (χ1n) is 4.48. The predicted octanol–water partition coefficient (Wildman–Crippen LogP) is 2.83. The molecule has 0 aliphatic heterocycles. The van der Waals surface area contributed by atoms with Crippen LogP contribution in [0.2, 0.25) is 0 Å². The third-order valence-electron chi connectivity index (χ3n) is 1.95. The third-order valence-corrected chi connectivity index (χ3v) is 4.47. The summed E-state index contributed by atoms with van der Waals surface area (Å²) in [7, 11) is -3.64. The van der Waals surface area contributed by atoms with Crippen LogP contribution in [0.4, 0.5) is 0 Å². The van der Waals surface area contributed by atoms with Gasteiger partial charge < -0.3 is 0 Å². The molecule has 7 heteroatoms. The monoisotopic (exact) mass is 376 g/mol. The summed E-state index contributed by atoms with van der Waals surface area (Å²) in [6, 6.07) is 6.11. The predicted molar refractivity (Wildman–Crippen MR) is 69.3 cm³/mol. The van der Waals surface area contributed by atoms with Crippen LogP contribution in [-0.4, -0.2) is 18.4 Å². The fourth-order valence-electron chi connectivity index (χ4n) is 1.15. The number of rotatable bonds is 2. The zero-order valence-electron chi connectivity index (χ0n) is 8.34. The lowest BCUT2D eigenvalue weighted by Crippen LogP contribution is -2.06. The molecule has 0 atom stereocenters. The molecule has 0 unspecified atom stereocenters. The van der Waals surface area contributed by atoms with E-state index < -0.39 is 9.84 Å². The smallest absolute Gasteiger partial charge is 0.241 e. The van der Waals surface area contributed by atoms with E-state index in [-0.39, 0.29) is 10.1 Å². The van der Waals surface area contributed by atoms with Gasteiger partial charge in [0.25, 0.3) is 0 Å². The number of sulfone groups is 1.